The fraction of sp³-hybridized carbons (Fsp3) is 0.238. The van der Waals surface area contributed by atoms with Crippen molar-refractivity contribution < 1.29 is 4.74 Å². The molecule has 0 radical (unpaired) electrons. The van der Waals surface area contributed by atoms with E-state index in [0.29, 0.717) is 5.92 Å². The summed E-state index contributed by atoms with van der Waals surface area (Å²) in [5.41, 5.74) is 5.62. The Morgan fingerprint density at radius 2 is 2.07 bits per heavy atom. The Bertz CT molecular complexity index is 1120. The van der Waals surface area contributed by atoms with Crippen LogP contribution in [0, 0.1) is 6.92 Å². The third-order valence-electron chi connectivity index (χ3n) is 5.17. The Balaban J connectivity index is 1.40. The van der Waals surface area contributed by atoms with Crippen molar-refractivity contribution in [3.63, 3.8) is 0 Å². The van der Waals surface area contributed by atoms with E-state index in [1.54, 1.807) is 6.20 Å². The molecule has 0 fully saturated rings. The fourth-order valence-corrected chi connectivity index (χ4v) is 3.73. The van der Waals surface area contributed by atoms with Gasteiger partial charge in [0, 0.05) is 30.4 Å². The lowest BCUT2D eigenvalue weighted by Crippen LogP contribution is -2.18. The first-order chi connectivity index (χ1) is 13.8. The number of rotatable bonds is 4. The predicted octanol–water partition coefficient (Wildman–Crippen LogP) is 3.60. The van der Waals surface area contributed by atoms with Gasteiger partial charge in [0.05, 0.1) is 24.3 Å². The van der Waals surface area contributed by atoms with E-state index in [-0.39, 0.29) is 0 Å². The van der Waals surface area contributed by atoms with Crippen molar-refractivity contribution in [2.75, 3.05) is 6.61 Å². The molecule has 1 aliphatic rings. The highest BCUT2D eigenvalue weighted by Gasteiger charge is 2.21. The molecule has 140 valence electrons. The van der Waals surface area contributed by atoms with Crippen LogP contribution < -0.4 is 4.74 Å². The second-order valence-electron chi connectivity index (χ2n) is 7.01. The standard InChI is InChI=1S/C21H20N6O/c1-14-21(25-26-24-14)15-6-8-22-18(10-15)19-12-27(13-23-19)11-16-7-9-28-20-5-3-2-4-17(16)20/h2-6,8,10,12-13,16H,7,9,11H2,1H3,(H,24,25,26)/t16-/m1/s1. The number of hydrogen-bond acceptors (Lipinski definition) is 5. The fourth-order valence-electron chi connectivity index (χ4n) is 3.73. The van der Waals surface area contributed by atoms with E-state index in [0.717, 1.165) is 53.7 Å². The van der Waals surface area contributed by atoms with E-state index in [1.807, 2.05) is 37.5 Å². The summed E-state index contributed by atoms with van der Waals surface area (Å²) in [6, 6.07) is 12.2. The number of hydrogen-bond donors (Lipinski definition) is 1. The molecule has 0 amide bonds. The second kappa shape index (κ2) is 6.92. The summed E-state index contributed by atoms with van der Waals surface area (Å²) in [4.78, 5) is 9.07. The molecule has 0 saturated heterocycles. The summed E-state index contributed by atoms with van der Waals surface area (Å²) >= 11 is 0. The van der Waals surface area contributed by atoms with Crippen molar-refractivity contribution in [2.45, 2.75) is 25.8 Å². The number of para-hydroxylation sites is 1. The normalized spacial score (nSPS) is 15.8. The minimum absolute atomic E-state index is 0.420. The number of H-pyrrole nitrogens is 1. The maximum atomic E-state index is 5.78. The van der Waals surface area contributed by atoms with Gasteiger partial charge in [0.1, 0.15) is 17.1 Å². The summed E-state index contributed by atoms with van der Waals surface area (Å²) in [6.45, 7) is 3.55. The van der Waals surface area contributed by atoms with Gasteiger partial charge in [-0.2, -0.15) is 15.4 Å². The Labute approximate surface area is 162 Å². The molecule has 0 aliphatic carbocycles. The van der Waals surface area contributed by atoms with E-state index in [2.05, 4.69) is 48.3 Å². The van der Waals surface area contributed by atoms with Crippen LogP contribution in [0.4, 0.5) is 0 Å². The molecule has 1 aliphatic heterocycles. The summed E-state index contributed by atoms with van der Waals surface area (Å²) in [5, 5.41) is 11.0. The Hall–Kier alpha value is -3.48. The number of imidazole rings is 1. The molecule has 7 nitrogen and oxygen atoms in total. The molecule has 0 bridgehead atoms. The van der Waals surface area contributed by atoms with E-state index < -0.39 is 0 Å². The van der Waals surface area contributed by atoms with Crippen LogP contribution in [-0.4, -0.2) is 36.6 Å². The van der Waals surface area contributed by atoms with E-state index >= 15 is 0 Å². The first-order valence-electron chi connectivity index (χ1n) is 9.35. The Morgan fingerprint density at radius 3 is 2.96 bits per heavy atom. The number of pyridine rings is 1. The maximum Gasteiger partial charge on any atom is 0.122 e. The molecule has 4 heterocycles. The zero-order valence-corrected chi connectivity index (χ0v) is 15.5. The number of ether oxygens (including phenoxy) is 1. The number of nitrogens with zero attached hydrogens (tertiary/aromatic N) is 5. The molecule has 5 rings (SSSR count). The van der Waals surface area contributed by atoms with Crippen molar-refractivity contribution in [1.82, 2.24) is 29.9 Å². The molecule has 1 aromatic carbocycles. The number of aromatic amines is 1. The molecular weight excluding hydrogens is 352 g/mol. The number of benzene rings is 1. The summed E-state index contributed by atoms with van der Waals surface area (Å²) in [5.74, 6) is 1.42. The SMILES string of the molecule is Cc1n[nH]nc1-c1ccnc(-c2cn(C[C@H]3CCOc4ccccc43)cn2)c1. The van der Waals surface area contributed by atoms with Crippen molar-refractivity contribution in [3.8, 4) is 28.4 Å². The van der Waals surface area contributed by atoms with Gasteiger partial charge >= 0.3 is 0 Å². The van der Waals surface area contributed by atoms with Crippen LogP contribution >= 0.6 is 0 Å². The van der Waals surface area contributed by atoms with Gasteiger partial charge in [-0.1, -0.05) is 18.2 Å². The lowest BCUT2D eigenvalue weighted by Gasteiger charge is -2.26. The molecule has 0 saturated carbocycles. The number of nitrogens with one attached hydrogen (secondary N) is 1. The van der Waals surface area contributed by atoms with Crippen LogP contribution in [0.15, 0.2) is 55.1 Å². The smallest absolute Gasteiger partial charge is 0.122 e. The van der Waals surface area contributed by atoms with Crippen LogP contribution in [0.1, 0.15) is 23.6 Å². The summed E-state index contributed by atoms with van der Waals surface area (Å²) in [6.07, 6.45) is 6.72. The van der Waals surface area contributed by atoms with Gasteiger partial charge in [0.25, 0.3) is 0 Å². The van der Waals surface area contributed by atoms with Gasteiger partial charge in [0.15, 0.2) is 0 Å². The highest BCUT2D eigenvalue weighted by molar-refractivity contribution is 5.67. The van der Waals surface area contributed by atoms with Crippen molar-refractivity contribution >= 4 is 0 Å². The number of aryl methyl sites for hydroxylation is 1. The highest BCUT2D eigenvalue weighted by Crippen LogP contribution is 2.34. The van der Waals surface area contributed by atoms with Crippen molar-refractivity contribution in [2.24, 2.45) is 0 Å². The van der Waals surface area contributed by atoms with Gasteiger partial charge < -0.3 is 9.30 Å². The maximum absolute atomic E-state index is 5.78. The first-order valence-corrected chi connectivity index (χ1v) is 9.35. The largest absolute Gasteiger partial charge is 0.493 e. The van der Waals surface area contributed by atoms with Gasteiger partial charge in [-0.25, -0.2) is 4.98 Å². The minimum atomic E-state index is 0.420. The van der Waals surface area contributed by atoms with Crippen LogP contribution in [0.25, 0.3) is 22.6 Å². The molecule has 0 unspecified atom stereocenters. The topological polar surface area (TPSA) is 81.5 Å². The quantitative estimate of drug-likeness (QED) is 0.592. The number of aromatic nitrogens is 6. The van der Waals surface area contributed by atoms with Crippen LogP contribution in [0.3, 0.4) is 0 Å². The number of fused-ring (bicyclic) bond motifs is 1. The average Bonchev–Trinajstić information content (AvgIpc) is 3.37. The summed E-state index contributed by atoms with van der Waals surface area (Å²) < 4.78 is 7.91. The van der Waals surface area contributed by atoms with Gasteiger partial charge in [-0.3, -0.25) is 4.98 Å². The first kappa shape index (κ1) is 16.7. The van der Waals surface area contributed by atoms with E-state index in [4.69, 9.17) is 4.74 Å². The minimum Gasteiger partial charge on any atom is -0.493 e. The zero-order chi connectivity index (χ0) is 18.9. The van der Waals surface area contributed by atoms with Crippen LogP contribution in [-0.2, 0) is 6.54 Å². The molecule has 4 aromatic rings. The van der Waals surface area contributed by atoms with E-state index in [1.165, 1.54) is 5.56 Å². The highest BCUT2D eigenvalue weighted by atomic mass is 16.5. The van der Waals surface area contributed by atoms with Crippen LogP contribution in [0.5, 0.6) is 5.75 Å². The molecule has 28 heavy (non-hydrogen) atoms. The lowest BCUT2D eigenvalue weighted by molar-refractivity contribution is 0.259. The van der Waals surface area contributed by atoms with Gasteiger partial charge in [0.2, 0.25) is 0 Å². The summed E-state index contributed by atoms with van der Waals surface area (Å²) in [7, 11) is 0. The van der Waals surface area contributed by atoms with E-state index in [9.17, 15) is 0 Å². The Kier molecular flexibility index (Phi) is 4.12. The van der Waals surface area contributed by atoms with Crippen molar-refractivity contribution in [3.05, 3.63) is 66.4 Å². The molecule has 1 N–H and O–H groups in total. The third-order valence-corrected chi connectivity index (χ3v) is 5.17. The van der Waals surface area contributed by atoms with Gasteiger partial charge in [-0.15, -0.1) is 0 Å². The molecular formula is C21H20N6O. The Morgan fingerprint density at radius 1 is 1.14 bits per heavy atom. The third kappa shape index (κ3) is 3.05. The van der Waals surface area contributed by atoms with Crippen LogP contribution in [0.2, 0.25) is 0 Å². The second-order valence-corrected chi connectivity index (χ2v) is 7.01. The molecule has 7 heteroatoms. The monoisotopic (exact) mass is 372 g/mol. The molecule has 0 spiro atoms. The van der Waals surface area contributed by atoms with Crippen molar-refractivity contribution in [1.29, 1.82) is 0 Å². The van der Waals surface area contributed by atoms with Gasteiger partial charge in [-0.05, 0) is 37.1 Å². The zero-order valence-electron chi connectivity index (χ0n) is 15.5. The average molecular weight is 372 g/mol. The molecule has 3 aromatic heterocycles. The molecule has 1 atom stereocenters. The predicted molar refractivity (Wildman–Crippen MR) is 105 cm³/mol. The lowest BCUT2D eigenvalue weighted by atomic mass is 9.93.